The van der Waals surface area contributed by atoms with E-state index in [-0.39, 0.29) is 0 Å². The van der Waals surface area contributed by atoms with E-state index in [2.05, 4.69) is 109 Å². The van der Waals surface area contributed by atoms with Crippen LogP contribution < -0.4 is 10.4 Å². The summed E-state index contributed by atoms with van der Waals surface area (Å²) in [6.07, 6.45) is 4.65. The van der Waals surface area contributed by atoms with E-state index in [0.29, 0.717) is 0 Å². The molecule has 0 radical (unpaired) electrons. The van der Waals surface area contributed by atoms with Gasteiger partial charge in [-0.05, 0) is 78.9 Å². The fraction of sp³-hybridized carbons (Fsp3) is 0. The molecule has 0 nitrogen and oxygen atoms in total. The van der Waals surface area contributed by atoms with Crippen molar-refractivity contribution in [3.05, 3.63) is 118 Å². The molecular weight excluding hydrogens is 368 g/mol. The molecule has 0 unspecified atom stereocenters. The second-order valence-corrected chi connectivity index (χ2v) is 8.36. The van der Waals surface area contributed by atoms with Crippen LogP contribution in [0.15, 0.2) is 96.4 Å². The normalized spacial score (nSPS) is 12.0. The van der Waals surface area contributed by atoms with Gasteiger partial charge in [0.25, 0.3) is 0 Å². The highest BCUT2D eigenvalue weighted by Gasteiger charge is 2.17. The van der Waals surface area contributed by atoms with Crippen LogP contribution in [-0.2, 0) is 0 Å². The third-order valence-corrected chi connectivity index (χ3v) is 6.65. The zero-order valence-corrected chi connectivity index (χ0v) is 16.6. The van der Waals surface area contributed by atoms with Gasteiger partial charge in [-0.3, -0.25) is 0 Å². The van der Waals surface area contributed by atoms with Gasteiger partial charge in [0.15, 0.2) is 0 Å². The molecule has 136 valence electrons. The first-order chi connectivity index (χ1) is 14.4. The van der Waals surface area contributed by atoms with Crippen molar-refractivity contribution < 1.29 is 0 Å². The summed E-state index contributed by atoms with van der Waals surface area (Å²) in [5.74, 6) is 0. The van der Waals surface area contributed by atoms with Crippen LogP contribution in [0.1, 0.15) is 11.1 Å². The average molecular weight is 387 g/mol. The Morgan fingerprint density at radius 2 is 1.00 bits per heavy atom. The maximum absolute atomic E-state index is 2.33. The van der Waals surface area contributed by atoms with Crippen LogP contribution in [0.2, 0.25) is 0 Å². The minimum absolute atomic E-state index is 1.33. The second kappa shape index (κ2) is 6.58. The Morgan fingerprint density at radius 3 is 1.62 bits per heavy atom. The van der Waals surface area contributed by atoms with E-state index in [4.69, 9.17) is 0 Å². The Bertz CT molecular complexity index is 1390. The van der Waals surface area contributed by atoms with E-state index in [1.165, 1.54) is 53.9 Å². The van der Waals surface area contributed by atoms with Crippen LogP contribution in [0.5, 0.6) is 0 Å². The molecule has 0 bridgehead atoms. The molecule has 5 aromatic rings. The zero-order chi connectivity index (χ0) is 19.2. The average Bonchev–Trinajstić information content (AvgIpc) is 3.48. The first-order valence-corrected chi connectivity index (χ1v) is 10.7. The summed E-state index contributed by atoms with van der Waals surface area (Å²) in [7, 11) is 0. The molecule has 2 aliphatic rings. The number of hydrogen-bond donors (Lipinski definition) is 0. The molecule has 0 N–H and O–H groups in total. The fourth-order valence-corrected chi connectivity index (χ4v) is 5.16. The summed E-state index contributed by atoms with van der Waals surface area (Å²) in [5, 5.41) is 6.22. The van der Waals surface area contributed by atoms with Crippen molar-refractivity contribution in [1.82, 2.24) is 0 Å². The fourth-order valence-electron chi connectivity index (χ4n) is 4.37. The van der Waals surface area contributed by atoms with Gasteiger partial charge < -0.3 is 0 Å². The van der Waals surface area contributed by atoms with Crippen molar-refractivity contribution in [1.29, 1.82) is 0 Å². The van der Waals surface area contributed by atoms with Crippen molar-refractivity contribution in [2.45, 2.75) is 0 Å². The molecule has 1 heterocycles. The minimum atomic E-state index is 1.33. The molecule has 0 spiro atoms. The molecule has 0 atom stereocenters. The van der Waals surface area contributed by atoms with E-state index in [9.17, 15) is 0 Å². The molecule has 0 saturated heterocycles. The lowest BCUT2D eigenvalue weighted by Crippen LogP contribution is -2.25. The SMILES string of the molecule is C1=c2c(ccc3c2=Cc2ccccc2-3)-c2ccccc21.c1ccc2sccc2c1. The van der Waals surface area contributed by atoms with Gasteiger partial charge in [-0.1, -0.05) is 78.9 Å². The molecule has 29 heavy (non-hydrogen) atoms. The molecule has 0 saturated carbocycles. The van der Waals surface area contributed by atoms with Crippen LogP contribution in [-0.4, -0.2) is 0 Å². The maximum Gasteiger partial charge on any atom is 0.0342 e. The highest BCUT2D eigenvalue weighted by Crippen LogP contribution is 2.30. The Labute approximate surface area is 173 Å². The van der Waals surface area contributed by atoms with Crippen LogP contribution in [0.25, 0.3) is 44.5 Å². The largest absolute Gasteiger partial charge is 0.144 e. The number of hydrogen-bond acceptors (Lipinski definition) is 1. The second-order valence-electron chi connectivity index (χ2n) is 7.41. The van der Waals surface area contributed by atoms with E-state index in [1.807, 2.05) is 0 Å². The Kier molecular flexibility index (Phi) is 3.75. The third-order valence-electron chi connectivity index (χ3n) is 5.75. The first kappa shape index (κ1) is 16.5. The van der Waals surface area contributed by atoms with Gasteiger partial charge in [0.05, 0.1) is 0 Å². The van der Waals surface area contributed by atoms with Gasteiger partial charge in [-0.25, -0.2) is 0 Å². The van der Waals surface area contributed by atoms with E-state index in [0.717, 1.165) is 0 Å². The lowest BCUT2D eigenvalue weighted by molar-refractivity contribution is 1.54. The maximum atomic E-state index is 2.33. The Morgan fingerprint density at radius 1 is 0.448 bits per heavy atom. The summed E-state index contributed by atoms with van der Waals surface area (Å²) in [6, 6.07) is 32.4. The zero-order valence-electron chi connectivity index (χ0n) is 15.8. The first-order valence-electron chi connectivity index (χ1n) is 9.86. The van der Waals surface area contributed by atoms with Crippen molar-refractivity contribution in [2.75, 3.05) is 0 Å². The predicted octanol–water partition coefficient (Wildman–Crippen LogP) is 6.21. The molecule has 4 aromatic carbocycles. The van der Waals surface area contributed by atoms with Gasteiger partial charge in [0.2, 0.25) is 0 Å². The van der Waals surface area contributed by atoms with Crippen LogP contribution in [0.4, 0.5) is 0 Å². The summed E-state index contributed by atoms with van der Waals surface area (Å²) in [6.45, 7) is 0. The van der Waals surface area contributed by atoms with Crippen LogP contribution in [0, 0.1) is 0 Å². The molecule has 7 rings (SSSR count). The van der Waals surface area contributed by atoms with E-state index < -0.39 is 0 Å². The van der Waals surface area contributed by atoms with Crippen LogP contribution in [0.3, 0.4) is 0 Å². The topological polar surface area (TPSA) is 0 Å². The minimum Gasteiger partial charge on any atom is -0.144 e. The van der Waals surface area contributed by atoms with Gasteiger partial charge in [0.1, 0.15) is 0 Å². The lowest BCUT2D eigenvalue weighted by Gasteiger charge is -2.03. The monoisotopic (exact) mass is 386 g/mol. The molecule has 0 fully saturated rings. The molecular formula is C28H18S. The molecule has 0 aliphatic heterocycles. The van der Waals surface area contributed by atoms with Gasteiger partial charge in [0, 0.05) is 4.70 Å². The lowest BCUT2D eigenvalue weighted by atomic mass is 10.0. The third kappa shape index (κ3) is 2.66. The van der Waals surface area contributed by atoms with Crippen molar-refractivity contribution >= 4 is 33.6 Å². The molecule has 0 amide bonds. The van der Waals surface area contributed by atoms with E-state index in [1.54, 1.807) is 11.3 Å². The van der Waals surface area contributed by atoms with Crippen molar-refractivity contribution in [2.24, 2.45) is 0 Å². The van der Waals surface area contributed by atoms with E-state index >= 15 is 0 Å². The smallest absolute Gasteiger partial charge is 0.0342 e. The molecule has 1 aromatic heterocycles. The Balaban J connectivity index is 0.000000154. The van der Waals surface area contributed by atoms with Crippen molar-refractivity contribution in [3.63, 3.8) is 0 Å². The molecule has 2 aliphatic carbocycles. The quantitative estimate of drug-likeness (QED) is 0.291. The summed E-state index contributed by atoms with van der Waals surface area (Å²) < 4.78 is 1.37. The van der Waals surface area contributed by atoms with Gasteiger partial charge in [-0.15, -0.1) is 11.3 Å². The highest BCUT2D eigenvalue weighted by molar-refractivity contribution is 7.17. The number of thiophene rings is 1. The standard InChI is InChI=1S/C20H12.C8H6S/c1-3-7-15-13(5-1)11-19-17(15)9-10-18-16-8-4-2-6-14(16)12-20(18)19;1-2-4-8-7(3-1)5-6-9-8/h1-12H;1-6H. The van der Waals surface area contributed by atoms with Crippen LogP contribution >= 0.6 is 11.3 Å². The molecule has 1 heteroatoms. The van der Waals surface area contributed by atoms with Gasteiger partial charge in [-0.2, -0.15) is 0 Å². The van der Waals surface area contributed by atoms with Gasteiger partial charge >= 0.3 is 0 Å². The summed E-state index contributed by atoms with van der Waals surface area (Å²) in [5.41, 5.74) is 8.11. The predicted molar refractivity (Wildman–Crippen MR) is 126 cm³/mol. The Hall–Kier alpha value is -3.42. The summed E-state index contributed by atoms with van der Waals surface area (Å²) in [4.78, 5) is 0. The van der Waals surface area contributed by atoms with Crippen molar-refractivity contribution in [3.8, 4) is 22.3 Å². The summed E-state index contributed by atoms with van der Waals surface area (Å²) >= 11 is 1.79. The number of benzene rings is 4. The number of rotatable bonds is 0. The highest BCUT2D eigenvalue weighted by atomic mass is 32.1. The number of fused-ring (bicyclic) bond motifs is 8.